The summed E-state index contributed by atoms with van der Waals surface area (Å²) in [7, 11) is 1.36. The number of nitrogens with zero attached hydrogens (tertiary/aromatic N) is 1. The summed E-state index contributed by atoms with van der Waals surface area (Å²) in [6.45, 7) is 0.876. The van der Waals surface area contributed by atoms with Crippen molar-refractivity contribution >= 4 is 17.7 Å². The molecule has 0 bridgehead atoms. The van der Waals surface area contributed by atoms with Gasteiger partial charge in [-0.05, 0) is 43.7 Å². The van der Waals surface area contributed by atoms with Gasteiger partial charge in [-0.2, -0.15) is 0 Å². The van der Waals surface area contributed by atoms with Crippen molar-refractivity contribution in [1.29, 1.82) is 0 Å². The van der Waals surface area contributed by atoms with Gasteiger partial charge in [0.15, 0.2) is 11.6 Å². The zero-order chi connectivity index (χ0) is 18.7. The summed E-state index contributed by atoms with van der Waals surface area (Å²) in [5.41, 5.74) is 0.442. The minimum Gasteiger partial charge on any atom is -0.494 e. The van der Waals surface area contributed by atoms with Crippen molar-refractivity contribution in [2.24, 2.45) is 5.92 Å². The number of carbonyl (C=O) groups excluding carboxylic acids is 1. The minimum atomic E-state index is -0.815. The Morgan fingerprint density at radius 1 is 1.35 bits per heavy atom. The first-order chi connectivity index (χ1) is 12.4. The molecule has 0 radical (unpaired) electrons. The van der Waals surface area contributed by atoms with Crippen molar-refractivity contribution in [2.45, 2.75) is 37.8 Å². The predicted octanol–water partition coefficient (Wildman–Crippen LogP) is 2.28. The molecule has 1 aromatic carbocycles. The van der Waals surface area contributed by atoms with E-state index in [1.165, 1.54) is 38.2 Å². The highest BCUT2D eigenvalue weighted by Gasteiger charge is 2.37. The van der Waals surface area contributed by atoms with Crippen LogP contribution in [0.25, 0.3) is 0 Å². The lowest BCUT2D eigenvalue weighted by Gasteiger charge is -2.42. The Morgan fingerprint density at radius 3 is 2.69 bits per heavy atom. The molecule has 0 aliphatic heterocycles. The Kier molecular flexibility index (Phi) is 5.61. The van der Waals surface area contributed by atoms with Crippen LogP contribution in [0.2, 0.25) is 0 Å². The highest BCUT2D eigenvalue weighted by atomic mass is 19.1. The molecule has 0 aromatic heterocycles. The summed E-state index contributed by atoms with van der Waals surface area (Å²) in [5, 5.41) is 14.6. The normalized spacial score (nSPS) is 21.8. The summed E-state index contributed by atoms with van der Waals surface area (Å²) in [5.74, 6) is -0.617. The molecule has 7 nitrogen and oxygen atoms in total. The number of aliphatic carboxylic acids is 1. The fourth-order valence-corrected chi connectivity index (χ4v) is 3.24. The highest BCUT2D eigenvalue weighted by Crippen LogP contribution is 2.33. The molecule has 1 aromatic rings. The van der Waals surface area contributed by atoms with Crippen molar-refractivity contribution < 1.29 is 23.8 Å². The third kappa shape index (κ3) is 4.85. The first kappa shape index (κ1) is 18.4. The monoisotopic (exact) mass is 365 g/mol. The molecule has 2 saturated carbocycles. The van der Waals surface area contributed by atoms with Crippen LogP contribution in [0.15, 0.2) is 18.2 Å². The largest absolute Gasteiger partial charge is 0.494 e. The molecule has 0 unspecified atom stereocenters. The molecule has 0 saturated heterocycles. The number of urea groups is 1. The van der Waals surface area contributed by atoms with Crippen LogP contribution in [0.5, 0.6) is 5.75 Å². The van der Waals surface area contributed by atoms with Gasteiger partial charge in [0, 0.05) is 30.4 Å². The molecular formula is C18H24FN3O4. The van der Waals surface area contributed by atoms with Gasteiger partial charge >= 0.3 is 12.0 Å². The van der Waals surface area contributed by atoms with Crippen LogP contribution in [0.3, 0.4) is 0 Å². The number of hydrogen-bond acceptors (Lipinski definition) is 4. The molecule has 2 fully saturated rings. The number of carbonyl (C=O) groups is 2. The van der Waals surface area contributed by atoms with Crippen LogP contribution < -0.4 is 15.4 Å². The Labute approximate surface area is 151 Å². The molecule has 3 rings (SSSR count). The molecule has 142 valence electrons. The lowest BCUT2D eigenvalue weighted by molar-refractivity contribution is -0.139. The maximum Gasteiger partial charge on any atom is 0.319 e. The number of halogens is 1. The van der Waals surface area contributed by atoms with E-state index in [1.807, 2.05) is 4.90 Å². The number of carboxylic acids is 1. The number of hydrogen-bond donors (Lipinski definition) is 3. The van der Waals surface area contributed by atoms with Crippen LogP contribution in [0.4, 0.5) is 14.9 Å². The van der Waals surface area contributed by atoms with Crippen molar-refractivity contribution in [3.8, 4) is 5.75 Å². The van der Waals surface area contributed by atoms with Gasteiger partial charge in [-0.3, -0.25) is 9.69 Å². The molecule has 0 atom stereocenters. The van der Waals surface area contributed by atoms with Gasteiger partial charge in [-0.1, -0.05) is 0 Å². The van der Waals surface area contributed by atoms with Gasteiger partial charge in [0.2, 0.25) is 0 Å². The Bertz CT molecular complexity index is 674. The van der Waals surface area contributed by atoms with Crippen LogP contribution in [-0.4, -0.2) is 54.3 Å². The van der Waals surface area contributed by atoms with Crippen molar-refractivity contribution in [3.63, 3.8) is 0 Å². The number of methoxy groups -OCH3 is 1. The molecule has 2 aliphatic rings. The quantitative estimate of drug-likeness (QED) is 0.657. The molecular weight excluding hydrogens is 341 g/mol. The van der Waals surface area contributed by atoms with E-state index in [9.17, 15) is 14.0 Å². The molecule has 2 amide bonds. The van der Waals surface area contributed by atoms with Crippen molar-refractivity contribution in [3.05, 3.63) is 24.0 Å². The number of amides is 2. The Hall–Kier alpha value is -2.35. The predicted molar refractivity (Wildman–Crippen MR) is 93.8 cm³/mol. The van der Waals surface area contributed by atoms with E-state index in [0.717, 1.165) is 19.4 Å². The van der Waals surface area contributed by atoms with E-state index in [1.54, 1.807) is 0 Å². The third-order valence-corrected chi connectivity index (χ3v) is 4.90. The molecule has 8 heteroatoms. The zero-order valence-electron chi connectivity index (χ0n) is 14.7. The van der Waals surface area contributed by atoms with Crippen LogP contribution in [-0.2, 0) is 4.79 Å². The second-order valence-corrected chi connectivity index (χ2v) is 7.04. The number of benzene rings is 1. The van der Waals surface area contributed by atoms with Crippen LogP contribution >= 0.6 is 0 Å². The zero-order valence-corrected chi connectivity index (χ0v) is 14.7. The fourth-order valence-electron chi connectivity index (χ4n) is 3.24. The topological polar surface area (TPSA) is 90.9 Å². The lowest BCUT2D eigenvalue weighted by atomic mass is 9.85. The van der Waals surface area contributed by atoms with Gasteiger partial charge < -0.3 is 20.5 Å². The third-order valence-electron chi connectivity index (χ3n) is 4.90. The average Bonchev–Trinajstić information content (AvgIpc) is 3.35. The molecule has 2 aliphatic carbocycles. The minimum absolute atomic E-state index is 0.0119. The standard InChI is InChI=1S/C18H24FN3O4/c1-26-16-8-12(4-5-15(16)19)20-18(25)21-13-6-14(7-13)22(10-17(23)24)9-11-2-3-11/h4-5,8,11,13-14H,2-3,6-7,9-10H2,1H3,(H,23,24)(H2,20,21,25). The average molecular weight is 365 g/mol. The SMILES string of the molecule is COc1cc(NC(=O)NC2CC(N(CC(=O)O)CC3CC3)C2)ccc1F. The van der Waals surface area contributed by atoms with Gasteiger partial charge in [-0.25, -0.2) is 9.18 Å². The van der Waals surface area contributed by atoms with Crippen LogP contribution in [0, 0.1) is 11.7 Å². The second kappa shape index (κ2) is 7.90. The number of nitrogens with one attached hydrogen (secondary N) is 2. The van der Waals surface area contributed by atoms with Crippen LogP contribution in [0.1, 0.15) is 25.7 Å². The van der Waals surface area contributed by atoms with Gasteiger partial charge in [0.1, 0.15) is 0 Å². The molecule has 0 heterocycles. The Balaban J connectivity index is 1.45. The van der Waals surface area contributed by atoms with E-state index in [2.05, 4.69) is 10.6 Å². The Morgan fingerprint density at radius 2 is 2.08 bits per heavy atom. The van der Waals surface area contributed by atoms with Gasteiger partial charge in [0.05, 0.1) is 13.7 Å². The van der Waals surface area contributed by atoms with Gasteiger partial charge in [-0.15, -0.1) is 0 Å². The van der Waals surface area contributed by atoms with E-state index in [4.69, 9.17) is 9.84 Å². The summed E-state index contributed by atoms with van der Waals surface area (Å²) in [6, 6.07) is 3.96. The molecule has 0 spiro atoms. The van der Waals surface area contributed by atoms with E-state index < -0.39 is 11.8 Å². The summed E-state index contributed by atoms with van der Waals surface area (Å²) >= 11 is 0. The molecule has 26 heavy (non-hydrogen) atoms. The maximum absolute atomic E-state index is 13.4. The second-order valence-electron chi connectivity index (χ2n) is 7.04. The summed E-state index contributed by atoms with van der Waals surface area (Å²) in [6.07, 6.45) is 3.82. The van der Waals surface area contributed by atoms with E-state index >= 15 is 0 Å². The summed E-state index contributed by atoms with van der Waals surface area (Å²) in [4.78, 5) is 25.1. The number of rotatable bonds is 8. The van der Waals surface area contributed by atoms with Crippen molar-refractivity contribution in [1.82, 2.24) is 10.2 Å². The fraction of sp³-hybridized carbons (Fsp3) is 0.556. The number of anilines is 1. The summed E-state index contributed by atoms with van der Waals surface area (Å²) < 4.78 is 18.3. The number of ether oxygens (including phenoxy) is 1. The number of carboxylic acid groups (broad SMARTS) is 1. The van der Waals surface area contributed by atoms with E-state index in [0.29, 0.717) is 11.6 Å². The smallest absolute Gasteiger partial charge is 0.319 e. The highest BCUT2D eigenvalue weighted by molar-refractivity contribution is 5.89. The first-order valence-corrected chi connectivity index (χ1v) is 8.81. The van der Waals surface area contributed by atoms with Gasteiger partial charge in [0.25, 0.3) is 0 Å². The first-order valence-electron chi connectivity index (χ1n) is 8.81. The molecule has 3 N–H and O–H groups in total. The van der Waals surface area contributed by atoms with E-state index in [-0.39, 0.29) is 30.4 Å². The van der Waals surface area contributed by atoms with Crippen molar-refractivity contribution in [2.75, 3.05) is 25.5 Å². The maximum atomic E-state index is 13.4. The lowest BCUT2D eigenvalue weighted by Crippen LogP contribution is -2.55.